The summed E-state index contributed by atoms with van der Waals surface area (Å²) in [6.07, 6.45) is 0. The number of hydrogen-bond donors (Lipinski definition) is 1. The highest BCUT2D eigenvalue weighted by Crippen LogP contribution is 2.42. The van der Waals surface area contributed by atoms with Crippen LogP contribution in [0.4, 0.5) is 11.4 Å². The van der Waals surface area contributed by atoms with Gasteiger partial charge in [0.15, 0.2) is 28.8 Å². The van der Waals surface area contributed by atoms with Gasteiger partial charge in [0.1, 0.15) is 5.69 Å². The number of ketones is 1. The van der Waals surface area contributed by atoms with E-state index in [1.807, 2.05) is 0 Å². The third-order valence-electron chi connectivity index (χ3n) is 4.08. The molecule has 0 bridgehead atoms. The molecular formula is C20H21Cl2N3O6. The second-order valence-corrected chi connectivity index (χ2v) is 6.86. The van der Waals surface area contributed by atoms with Gasteiger partial charge in [0.2, 0.25) is 6.04 Å². The Balaban J connectivity index is 2.35. The number of benzene rings is 2. The number of nitrogens with one attached hydrogen (secondary N) is 1. The SMILES string of the molecule is COc1cc(NC(=O)C(N=Nc2c(Cl)ccc(OC)c2OC)C(C)=O)cc(Cl)c1OC. The van der Waals surface area contributed by atoms with Crippen molar-refractivity contribution >= 4 is 46.3 Å². The van der Waals surface area contributed by atoms with Gasteiger partial charge in [0.25, 0.3) is 5.91 Å². The van der Waals surface area contributed by atoms with Crippen LogP contribution in [0.15, 0.2) is 34.5 Å². The third-order valence-corrected chi connectivity index (χ3v) is 4.66. The van der Waals surface area contributed by atoms with Crippen molar-refractivity contribution in [1.82, 2.24) is 0 Å². The van der Waals surface area contributed by atoms with E-state index in [-0.39, 0.29) is 27.2 Å². The van der Waals surface area contributed by atoms with Crippen LogP contribution >= 0.6 is 23.2 Å². The number of carbonyl (C=O) groups is 2. The van der Waals surface area contributed by atoms with Crippen molar-refractivity contribution in [2.24, 2.45) is 10.2 Å². The predicted octanol–water partition coefficient (Wildman–Crippen LogP) is 4.71. The second kappa shape index (κ2) is 10.8. The number of ether oxygens (including phenoxy) is 4. The van der Waals surface area contributed by atoms with Crippen molar-refractivity contribution in [3.63, 3.8) is 0 Å². The highest BCUT2D eigenvalue weighted by molar-refractivity contribution is 6.33. The normalized spacial score (nSPS) is 11.7. The maximum Gasteiger partial charge on any atom is 0.258 e. The first-order valence-corrected chi connectivity index (χ1v) is 9.57. The number of hydrogen-bond acceptors (Lipinski definition) is 8. The van der Waals surface area contributed by atoms with Crippen LogP contribution in [0.5, 0.6) is 23.0 Å². The van der Waals surface area contributed by atoms with Crippen LogP contribution in [-0.4, -0.2) is 46.2 Å². The van der Waals surface area contributed by atoms with Crippen LogP contribution in [0, 0.1) is 0 Å². The molecule has 11 heteroatoms. The lowest BCUT2D eigenvalue weighted by Gasteiger charge is -2.14. The van der Waals surface area contributed by atoms with Gasteiger partial charge in [-0.3, -0.25) is 9.59 Å². The van der Waals surface area contributed by atoms with Gasteiger partial charge >= 0.3 is 0 Å². The monoisotopic (exact) mass is 469 g/mol. The van der Waals surface area contributed by atoms with Crippen molar-refractivity contribution in [3.05, 3.63) is 34.3 Å². The molecule has 1 unspecified atom stereocenters. The van der Waals surface area contributed by atoms with Crippen LogP contribution in [-0.2, 0) is 9.59 Å². The highest BCUT2D eigenvalue weighted by atomic mass is 35.5. The fourth-order valence-electron chi connectivity index (χ4n) is 2.61. The van der Waals surface area contributed by atoms with Crippen molar-refractivity contribution in [1.29, 1.82) is 0 Å². The number of nitrogens with zero attached hydrogens (tertiary/aromatic N) is 2. The molecule has 2 aromatic rings. The Morgan fingerprint density at radius 2 is 1.55 bits per heavy atom. The number of azo groups is 1. The topological polar surface area (TPSA) is 108 Å². The Kier molecular flexibility index (Phi) is 8.47. The summed E-state index contributed by atoms with van der Waals surface area (Å²) in [6, 6.07) is 4.64. The molecule has 0 aromatic heterocycles. The molecule has 0 heterocycles. The quantitative estimate of drug-likeness (QED) is 0.420. The lowest BCUT2D eigenvalue weighted by Crippen LogP contribution is -2.31. The number of methoxy groups -OCH3 is 4. The number of halogens is 2. The van der Waals surface area contributed by atoms with Crippen molar-refractivity contribution in [3.8, 4) is 23.0 Å². The molecule has 0 aliphatic rings. The summed E-state index contributed by atoms with van der Waals surface area (Å²) in [5.41, 5.74) is 0.405. The molecule has 0 aliphatic carbocycles. The van der Waals surface area contributed by atoms with E-state index in [1.54, 1.807) is 6.07 Å². The molecule has 0 saturated carbocycles. The van der Waals surface area contributed by atoms with Crippen molar-refractivity contribution < 1.29 is 28.5 Å². The summed E-state index contributed by atoms with van der Waals surface area (Å²) in [7, 11) is 5.72. The fraction of sp³-hybridized carbons (Fsp3) is 0.300. The summed E-state index contributed by atoms with van der Waals surface area (Å²) in [6.45, 7) is 1.22. The average molecular weight is 470 g/mol. The average Bonchev–Trinajstić information content (AvgIpc) is 2.73. The first-order chi connectivity index (χ1) is 14.8. The van der Waals surface area contributed by atoms with Crippen LogP contribution in [0.2, 0.25) is 10.0 Å². The van der Waals surface area contributed by atoms with Gasteiger partial charge in [0.05, 0.1) is 38.5 Å². The molecule has 166 valence electrons. The Hall–Kier alpha value is -3.04. The smallest absolute Gasteiger partial charge is 0.258 e. The molecule has 2 rings (SSSR count). The summed E-state index contributed by atoms with van der Waals surface area (Å²) in [5.74, 6) is -0.0648. The molecule has 0 spiro atoms. The molecule has 1 N–H and O–H groups in total. The maximum atomic E-state index is 12.7. The second-order valence-electron chi connectivity index (χ2n) is 6.04. The standard InChI is InChI=1S/C20H21Cl2N3O6/c1-10(26)16(24-25-17-12(21)6-7-14(28-2)19(17)31-5)20(27)23-11-8-13(22)18(30-4)15(9-11)29-3/h6-9,16H,1-5H3,(H,23,27). The molecule has 31 heavy (non-hydrogen) atoms. The highest BCUT2D eigenvalue weighted by Gasteiger charge is 2.25. The minimum atomic E-state index is -1.45. The van der Waals surface area contributed by atoms with E-state index in [1.165, 1.54) is 53.6 Å². The molecular weight excluding hydrogens is 449 g/mol. The number of carbonyl (C=O) groups excluding carboxylic acids is 2. The van der Waals surface area contributed by atoms with E-state index in [9.17, 15) is 9.59 Å². The van der Waals surface area contributed by atoms with E-state index >= 15 is 0 Å². The van der Waals surface area contributed by atoms with E-state index < -0.39 is 17.7 Å². The Morgan fingerprint density at radius 3 is 2.10 bits per heavy atom. The van der Waals surface area contributed by atoms with E-state index in [0.29, 0.717) is 17.2 Å². The van der Waals surface area contributed by atoms with Crippen LogP contribution in [0.3, 0.4) is 0 Å². The number of Topliss-reactive ketones (excluding diaryl/α,β-unsaturated/α-hetero) is 1. The number of rotatable bonds is 9. The minimum absolute atomic E-state index is 0.122. The van der Waals surface area contributed by atoms with E-state index in [2.05, 4.69) is 15.5 Å². The van der Waals surface area contributed by atoms with Gasteiger partial charge in [-0.2, -0.15) is 5.11 Å². The number of anilines is 1. The van der Waals surface area contributed by atoms with Gasteiger partial charge in [-0.05, 0) is 25.1 Å². The molecule has 2 aromatic carbocycles. The molecule has 0 fully saturated rings. The van der Waals surface area contributed by atoms with Gasteiger partial charge in [0, 0.05) is 11.8 Å². The maximum absolute atomic E-state index is 12.7. The van der Waals surface area contributed by atoms with Crippen molar-refractivity contribution in [2.45, 2.75) is 13.0 Å². The first-order valence-electron chi connectivity index (χ1n) is 8.81. The molecule has 1 amide bonds. The Labute approximate surface area is 189 Å². The Bertz CT molecular complexity index is 1010. The largest absolute Gasteiger partial charge is 0.493 e. The van der Waals surface area contributed by atoms with Crippen LogP contribution in [0.1, 0.15) is 6.92 Å². The van der Waals surface area contributed by atoms with Crippen LogP contribution in [0.25, 0.3) is 0 Å². The van der Waals surface area contributed by atoms with Gasteiger partial charge < -0.3 is 24.3 Å². The van der Waals surface area contributed by atoms with Gasteiger partial charge in [-0.25, -0.2) is 0 Å². The predicted molar refractivity (Wildman–Crippen MR) is 117 cm³/mol. The molecule has 0 radical (unpaired) electrons. The molecule has 0 saturated heterocycles. The Morgan fingerprint density at radius 1 is 0.903 bits per heavy atom. The first kappa shape index (κ1) is 24.2. The zero-order valence-electron chi connectivity index (χ0n) is 17.5. The van der Waals surface area contributed by atoms with Crippen LogP contribution < -0.4 is 24.3 Å². The van der Waals surface area contributed by atoms with E-state index in [0.717, 1.165) is 0 Å². The summed E-state index contributed by atoms with van der Waals surface area (Å²) < 4.78 is 20.8. The molecule has 0 aliphatic heterocycles. The molecule has 1 atom stereocenters. The van der Waals surface area contributed by atoms with Gasteiger partial charge in [-0.15, -0.1) is 5.11 Å². The zero-order valence-corrected chi connectivity index (χ0v) is 19.0. The van der Waals surface area contributed by atoms with Gasteiger partial charge in [-0.1, -0.05) is 23.2 Å². The third kappa shape index (κ3) is 5.56. The summed E-state index contributed by atoms with van der Waals surface area (Å²) >= 11 is 12.3. The number of amides is 1. The van der Waals surface area contributed by atoms with Crippen molar-refractivity contribution in [2.75, 3.05) is 33.8 Å². The lowest BCUT2D eigenvalue weighted by atomic mass is 10.2. The minimum Gasteiger partial charge on any atom is -0.493 e. The summed E-state index contributed by atoms with van der Waals surface area (Å²) in [5, 5.41) is 10.9. The van der Waals surface area contributed by atoms with E-state index in [4.69, 9.17) is 42.1 Å². The molecule has 9 nitrogen and oxygen atoms in total. The zero-order chi connectivity index (χ0) is 23.1. The fourth-order valence-corrected chi connectivity index (χ4v) is 3.09. The summed E-state index contributed by atoms with van der Waals surface area (Å²) in [4.78, 5) is 24.8. The lowest BCUT2D eigenvalue weighted by molar-refractivity contribution is -0.126.